The molecule has 0 amide bonds. The molecule has 25 heavy (non-hydrogen) atoms. The minimum absolute atomic E-state index is 0.221. The van der Waals surface area contributed by atoms with Crippen molar-refractivity contribution in [2.24, 2.45) is 0 Å². The lowest BCUT2D eigenvalue weighted by atomic mass is 10.1. The number of likely N-dealkylation sites (tertiary alicyclic amines) is 1. The molecule has 1 aromatic carbocycles. The standard InChI is InChI=1S/C18H24N2O3S2/c21-17-7-11-20(12-8-17)14-16-9-13-24-18(16)25(22,23)19-10-6-15-4-2-1-3-5-15/h1-5,9,13,17,19,21H,6-8,10-12,14H2. The van der Waals surface area contributed by atoms with Gasteiger partial charge < -0.3 is 5.11 Å². The first-order valence-electron chi connectivity index (χ1n) is 8.55. The van der Waals surface area contributed by atoms with E-state index in [-0.39, 0.29) is 6.10 Å². The summed E-state index contributed by atoms with van der Waals surface area (Å²) in [5.41, 5.74) is 1.96. The Kier molecular flexibility index (Phi) is 6.24. The second-order valence-corrected chi connectivity index (χ2v) is 9.25. The van der Waals surface area contributed by atoms with E-state index in [0.29, 0.717) is 23.7 Å². The van der Waals surface area contributed by atoms with Gasteiger partial charge in [-0.2, -0.15) is 0 Å². The number of benzene rings is 1. The summed E-state index contributed by atoms with van der Waals surface area (Å²) in [6.07, 6.45) is 1.95. The molecule has 0 saturated carbocycles. The number of nitrogens with zero attached hydrogens (tertiary/aromatic N) is 1. The number of hydrogen-bond acceptors (Lipinski definition) is 5. The molecule has 0 aliphatic carbocycles. The molecule has 0 spiro atoms. The van der Waals surface area contributed by atoms with Gasteiger partial charge in [0.25, 0.3) is 0 Å². The quantitative estimate of drug-likeness (QED) is 0.773. The van der Waals surface area contributed by atoms with Crippen molar-refractivity contribution in [3.05, 3.63) is 52.9 Å². The predicted molar refractivity (Wildman–Crippen MR) is 100 cm³/mol. The van der Waals surface area contributed by atoms with E-state index in [1.807, 2.05) is 41.8 Å². The predicted octanol–water partition coefficient (Wildman–Crippen LogP) is 2.23. The summed E-state index contributed by atoms with van der Waals surface area (Å²) in [6.45, 7) is 2.61. The van der Waals surface area contributed by atoms with Crippen molar-refractivity contribution in [3.63, 3.8) is 0 Å². The van der Waals surface area contributed by atoms with Crippen molar-refractivity contribution in [1.82, 2.24) is 9.62 Å². The van der Waals surface area contributed by atoms with Gasteiger partial charge in [-0.05, 0) is 41.8 Å². The van der Waals surface area contributed by atoms with E-state index in [1.165, 1.54) is 11.3 Å². The van der Waals surface area contributed by atoms with Crippen LogP contribution in [0.15, 0.2) is 46.0 Å². The molecule has 1 aliphatic heterocycles. The van der Waals surface area contributed by atoms with Crippen LogP contribution in [-0.2, 0) is 23.0 Å². The Labute approximate surface area is 153 Å². The molecule has 0 bridgehead atoms. The Morgan fingerprint density at radius 3 is 2.60 bits per heavy atom. The number of piperidine rings is 1. The monoisotopic (exact) mass is 380 g/mol. The van der Waals surface area contributed by atoms with E-state index in [1.54, 1.807) is 0 Å². The molecule has 0 atom stereocenters. The number of thiophene rings is 1. The van der Waals surface area contributed by atoms with Crippen LogP contribution in [0.4, 0.5) is 0 Å². The van der Waals surface area contributed by atoms with Gasteiger partial charge in [0.2, 0.25) is 10.0 Å². The molecular weight excluding hydrogens is 356 g/mol. The first-order valence-corrected chi connectivity index (χ1v) is 10.9. The van der Waals surface area contributed by atoms with Crippen LogP contribution in [0.5, 0.6) is 0 Å². The highest BCUT2D eigenvalue weighted by Crippen LogP contribution is 2.25. The summed E-state index contributed by atoms with van der Waals surface area (Å²) >= 11 is 1.27. The highest BCUT2D eigenvalue weighted by Gasteiger charge is 2.23. The number of sulfonamides is 1. The third-order valence-electron chi connectivity index (χ3n) is 4.45. The first kappa shape index (κ1) is 18.5. The maximum atomic E-state index is 12.6. The lowest BCUT2D eigenvalue weighted by Gasteiger charge is -2.29. The highest BCUT2D eigenvalue weighted by atomic mass is 32.2. The SMILES string of the molecule is O=S(=O)(NCCc1ccccc1)c1sccc1CN1CCC(O)CC1. The lowest BCUT2D eigenvalue weighted by molar-refractivity contribution is 0.0790. The minimum atomic E-state index is -3.49. The number of aliphatic hydroxyl groups is 1. The third-order valence-corrected chi connectivity index (χ3v) is 7.48. The number of hydrogen-bond donors (Lipinski definition) is 2. The van der Waals surface area contributed by atoms with Crippen molar-refractivity contribution in [1.29, 1.82) is 0 Å². The van der Waals surface area contributed by atoms with E-state index >= 15 is 0 Å². The molecule has 5 nitrogen and oxygen atoms in total. The average molecular weight is 381 g/mol. The van der Waals surface area contributed by atoms with Gasteiger partial charge >= 0.3 is 0 Å². The van der Waals surface area contributed by atoms with Gasteiger partial charge in [0.05, 0.1) is 6.10 Å². The van der Waals surface area contributed by atoms with Crippen LogP contribution in [0.25, 0.3) is 0 Å². The zero-order valence-electron chi connectivity index (χ0n) is 14.1. The highest BCUT2D eigenvalue weighted by molar-refractivity contribution is 7.91. The summed E-state index contributed by atoms with van der Waals surface area (Å²) in [6, 6.07) is 11.7. The molecule has 2 heterocycles. The fourth-order valence-corrected chi connectivity index (χ4v) is 5.50. The van der Waals surface area contributed by atoms with Crippen molar-refractivity contribution in [2.45, 2.75) is 36.1 Å². The summed E-state index contributed by atoms with van der Waals surface area (Å²) in [4.78, 5) is 2.21. The largest absolute Gasteiger partial charge is 0.393 e. The Bertz CT molecular complexity index is 767. The fourth-order valence-electron chi connectivity index (χ4n) is 3.03. The van der Waals surface area contributed by atoms with Gasteiger partial charge in [0.1, 0.15) is 4.21 Å². The van der Waals surface area contributed by atoms with E-state index < -0.39 is 10.0 Å². The Morgan fingerprint density at radius 1 is 1.16 bits per heavy atom. The molecule has 2 aromatic rings. The van der Waals surface area contributed by atoms with Gasteiger partial charge in [-0.3, -0.25) is 4.90 Å². The van der Waals surface area contributed by atoms with Gasteiger partial charge in [0.15, 0.2) is 0 Å². The van der Waals surface area contributed by atoms with Crippen LogP contribution in [0.1, 0.15) is 24.0 Å². The average Bonchev–Trinajstić information content (AvgIpc) is 3.07. The molecule has 0 radical (unpaired) electrons. The van der Waals surface area contributed by atoms with Crippen LogP contribution >= 0.6 is 11.3 Å². The summed E-state index contributed by atoms with van der Waals surface area (Å²) in [5.74, 6) is 0. The smallest absolute Gasteiger partial charge is 0.250 e. The van der Waals surface area contributed by atoms with E-state index in [4.69, 9.17) is 0 Å². The fraction of sp³-hybridized carbons (Fsp3) is 0.444. The van der Waals surface area contributed by atoms with E-state index in [9.17, 15) is 13.5 Å². The molecule has 136 valence electrons. The topological polar surface area (TPSA) is 69.6 Å². The maximum absolute atomic E-state index is 12.6. The van der Waals surface area contributed by atoms with E-state index in [2.05, 4.69) is 9.62 Å². The molecule has 1 saturated heterocycles. The van der Waals surface area contributed by atoms with Gasteiger partial charge in [-0.15, -0.1) is 11.3 Å². The van der Waals surface area contributed by atoms with Crippen molar-refractivity contribution in [2.75, 3.05) is 19.6 Å². The molecule has 1 aromatic heterocycles. The van der Waals surface area contributed by atoms with Crippen molar-refractivity contribution >= 4 is 21.4 Å². The molecule has 3 rings (SSSR count). The zero-order chi connectivity index (χ0) is 17.7. The van der Waals surface area contributed by atoms with E-state index in [0.717, 1.165) is 37.1 Å². The Balaban J connectivity index is 1.59. The number of aliphatic hydroxyl groups excluding tert-OH is 1. The van der Waals surface area contributed by atoms with Gasteiger partial charge in [0, 0.05) is 26.2 Å². The third kappa shape index (κ3) is 5.12. The minimum Gasteiger partial charge on any atom is -0.393 e. The van der Waals surface area contributed by atoms with Gasteiger partial charge in [-0.25, -0.2) is 13.1 Å². The van der Waals surface area contributed by atoms with Crippen molar-refractivity contribution in [3.8, 4) is 0 Å². The number of nitrogens with one attached hydrogen (secondary N) is 1. The molecule has 1 fully saturated rings. The molecule has 7 heteroatoms. The molecular formula is C18H24N2O3S2. The summed E-state index contributed by atoms with van der Waals surface area (Å²) in [7, 11) is -3.49. The van der Waals surface area contributed by atoms with Crippen LogP contribution < -0.4 is 4.72 Å². The van der Waals surface area contributed by atoms with Gasteiger partial charge in [-0.1, -0.05) is 30.3 Å². The Morgan fingerprint density at radius 2 is 1.88 bits per heavy atom. The number of rotatable bonds is 7. The van der Waals surface area contributed by atoms with Crippen molar-refractivity contribution < 1.29 is 13.5 Å². The zero-order valence-corrected chi connectivity index (χ0v) is 15.7. The molecule has 0 unspecified atom stereocenters. The lowest BCUT2D eigenvalue weighted by Crippen LogP contribution is -2.35. The Hall–Kier alpha value is -1.25. The summed E-state index contributed by atoms with van der Waals surface area (Å²) in [5, 5.41) is 11.4. The molecule has 2 N–H and O–H groups in total. The molecule has 1 aliphatic rings. The van der Waals surface area contributed by atoms with Crippen LogP contribution in [-0.4, -0.2) is 44.2 Å². The first-order chi connectivity index (χ1) is 12.0. The van der Waals surface area contributed by atoms with Crippen LogP contribution in [0, 0.1) is 0 Å². The van der Waals surface area contributed by atoms with Crippen LogP contribution in [0.2, 0.25) is 0 Å². The summed E-state index contributed by atoms with van der Waals surface area (Å²) < 4.78 is 28.4. The maximum Gasteiger partial charge on any atom is 0.250 e. The second-order valence-electron chi connectivity index (χ2n) is 6.37. The second kappa shape index (κ2) is 8.42. The van der Waals surface area contributed by atoms with Crippen LogP contribution in [0.3, 0.4) is 0 Å². The normalized spacial score (nSPS) is 17.0.